The number of carboxylic acids is 1. The molecule has 2 heterocycles. The number of ether oxygens (including phenoxy) is 1. The summed E-state index contributed by atoms with van der Waals surface area (Å²) in [7, 11) is 0. The fourth-order valence-electron chi connectivity index (χ4n) is 4.47. The molecule has 0 radical (unpaired) electrons. The number of carbonyl (C=O) groups is 2. The van der Waals surface area contributed by atoms with Crippen LogP contribution in [0.2, 0.25) is 0 Å². The first-order chi connectivity index (χ1) is 15.0. The lowest BCUT2D eigenvalue weighted by Crippen LogP contribution is -2.57. The molecule has 7 heteroatoms. The number of likely N-dealkylation sites (tertiary alicyclic amines) is 1. The maximum Gasteiger partial charge on any atom is 0.312 e. The second kappa shape index (κ2) is 9.08. The number of benzene rings is 2. The molecule has 164 valence electrons. The first-order valence-corrected chi connectivity index (χ1v) is 10.7. The van der Waals surface area contributed by atoms with Gasteiger partial charge in [-0.05, 0) is 42.7 Å². The van der Waals surface area contributed by atoms with E-state index in [0.29, 0.717) is 25.3 Å². The van der Waals surface area contributed by atoms with E-state index in [9.17, 15) is 19.8 Å². The highest BCUT2D eigenvalue weighted by atomic mass is 16.5. The molecule has 0 unspecified atom stereocenters. The SMILES string of the molecule is O=C(c1ccc(N2CCOCC2)cc1)N1CC[C@](Cc2ccccc2)(C(=O)O)[C@H](O)C1. The smallest absolute Gasteiger partial charge is 0.312 e. The van der Waals surface area contributed by atoms with Gasteiger partial charge in [0.25, 0.3) is 5.91 Å². The fourth-order valence-corrected chi connectivity index (χ4v) is 4.47. The van der Waals surface area contributed by atoms with Crippen LogP contribution >= 0.6 is 0 Å². The van der Waals surface area contributed by atoms with Crippen LogP contribution in [0.4, 0.5) is 5.69 Å². The Morgan fingerprint density at radius 2 is 1.68 bits per heavy atom. The molecule has 2 aromatic carbocycles. The third-order valence-electron chi connectivity index (χ3n) is 6.43. The summed E-state index contributed by atoms with van der Waals surface area (Å²) in [6.45, 7) is 3.33. The number of carbonyl (C=O) groups excluding carboxylic acids is 1. The van der Waals surface area contributed by atoms with Crippen LogP contribution in [0.3, 0.4) is 0 Å². The van der Waals surface area contributed by atoms with Crippen molar-refractivity contribution in [1.82, 2.24) is 4.90 Å². The van der Waals surface area contributed by atoms with Gasteiger partial charge in [0.15, 0.2) is 0 Å². The van der Waals surface area contributed by atoms with Crippen molar-refractivity contribution in [2.45, 2.75) is 18.9 Å². The van der Waals surface area contributed by atoms with E-state index >= 15 is 0 Å². The standard InChI is InChI=1S/C24H28N2O5/c27-21-17-26(11-10-24(21,23(29)30)16-18-4-2-1-3-5-18)22(28)19-6-8-20(9-7-19)25-12-14-31-15-13-25/h1-9,21,27H,10-17H2,(H,29,30)/t21-,24-/m1/s1. The molecule has 0 aromatic heterocycles. The van der Waals surface area contributed by atoms with E-state index in [4.69, 9.17) is 4.74 Å². The molecule has 0 spiro atoms. The molecule has 2 atom stereocenters. The summed E-state index contributed by atoms with van der Waals surface area (Å²) in [6.07, 6.45) is -0.702. The lowest BCUT2D eigenvalue weighted by molar-refractivity contribution is -0.161. The van der Waals surface area contributed by atoms with Crippen LogP contribution < -0.4 is 4.90 Å². The van der Waals surface area contributed by atoms with E-state index < -0.39 is 17.5 Å². The van der Waals surface area contributed by atoms with Crippen LogP contribution in [0.1, 0.15) is 22.3 Å². The van der Waals surface area contributed by atoms with Crippen LogP contribution in [-0.4, -0.2) is 72.5 Å². The van der Waals surface area contributed by atoms with Crippen molar-refractivity contribution in [2.75, 3.05) is 44.3 Å². The largest absolute Gasteiger partial charge is 0.481 e. The molecule has 2 fully saturated rings. The first-order valence-electron chi connectivity index (χ1n) is 10.7. The minimum atomic E-state index is -1.29. The van der Waals surface area contributed by atoms with Crippen molar-refractivity contribution < 1.29 is 24.5 Å². The Bertz CT molecular complexity index is 911. The van der Waals surface area contributed by atoms with Gasteiger partial charge in [-0.3, -0.25) is 9.59 Å². The van der Waals surface area contributed by atoms with Gasteiger partial charge in [0.05, 0.1) is 19.3 Å². The molecule has 0 saturated carbocycles. The average Bonchev–Trinajstić information content (AvgIpc) is 2.81. The number of amides is 1. The van der Waals surface area contributed by atoms with Crippen molar-refractivity contribution in [3.63, 3.8) is 0 Å². The third kappa shape index (κ3) is 4.43. The van der Waals surface area contributed by atoms with E-state index in [1.807, 2.05) is 42.5 Å². The van der Waals surface area contributed by atoms with E-state index in [2.05, 4.69) is 4.90 Å². The lowest BCUT2D eigenvalue weighted by Gasteiger charge is -2.43. The van der Waals surface area contributed by atoms with Gasteiger partial charge in [0.2, 0.25) is 0 Å². The van der Waals surface area contributed by atoms with Gasteiger partial charge < -0.3 is 24.7 Å². The van der Waals surface area contributed by atoms with Crippen molar-refractivity contribution in [3.8, 4) is 0 Å². The first kappa shape index (κ1) is 21.3. The molecule has 2 aliphatic heterocycles. The van der Waals surface area contributed by atoms with Crippen molar-refractivity contribution in [1.29, 1.82) is 0 Å². The molecule has 31 heavy (non-hydrogen) atoms. The molecule has 0 aliphatic carbocycles. The number of piperidine rings is 1. The van der Waals surface area contributed by atoms with Crippen molar-refractivity contribution >= 4 is 17.6 Å². The van der Waals surface area contributed by atoms with E-state index in [1.165, 1.54) is 0 Å². The monoisotopic (exact) mass is 424 g/mol. The summed E-state index contributed by atoms with van der Waals surface area (Å²) in [5.74, 6) is -1.21. The number of rotatable bonds is 5. The van der Waals surface area contributed by atoms with E-state index in [-0.39, 0.29) is 25.3 Å². The molecular formula is C24H28N2O5. The molecule has 2 saturated heterocycles. The van der Waals surface area contributed by atoms with E-state index in [0.717, 1.165) is 24.3 Å². The van der Waals surface area contributed by atoms with Crippen LogP contribution in [-0.2, 0) is 16.0 Å². The number of aliphatic carboxylic acids is 1. The fraction of sp³-hybridized carbons (Fsp3) is 0.417. The molecule has 2 N–H and O–H groups in total. The van der Waals surface area contributed by atoms with Gasteiger partial charge in [-0.2, -0.15) is 0 Å². The van der Waals surface area contributed by atoms with Gasteiger partial charge in [-0.25, -0.2) is 0 Å². The zero-order valence-electron chi connectivity index (χ0n) is 17.4. The molecule has 2 aromatic rings. The quantitative estimate of drug-likeness (QED) is 0.764. The second-order valence-corrected chi connectivity index (χ2v) is 8.29. The van der Waals surface area contributed by atoms with Crippen LogP contribution in [0.5, 0.6) is 0 Å². The number of anilines is 1. The Morgan fingerprint density at radius 1 is 1.00 bits per heavy atom. The number of β-amino-alcohol motifs (C(OH)–C–C–N with tert-alkyl or cyclic N) is 1. The minimum absolute atomic E-state index is 0.00316. The summed E-state index contributed by atoms with van der Waals surface area (Å²) < 4.78 is 5.38. The van der Waals surface area contributed by atoms with Crippen LogP contribution in [0.25, 0.3) is 0 Å². The van der Waals surface area contributed by atoms with Crippen molar-refractivity contribution in [2.24, 2.45) is 5.41 Å². The Morgan fingerprint density at radius 3 is 2.29 bits per heavy atom. The number of aliphatic hydroxyl groups excluding tert-OH is 1. The summed E-state index contributed by atoms with van der Waals surface area (Å²) in [6, 6.07) is 16.8. The van der Waals surface area contributed by atoms with Gasteiger partial charge >= 0.3 is 5.97 Å². The maximum absolute atomic E-state index is 13.0. The van der Waals surface area contributed by atoms with Crippen LogP contribution in [0, 0.1) is 5.41 Å². The number of nitrogens with zero attached hydrogens (tertiary/aromatic N) is 2. The molecule has 7 nitrogen and oxygen atoms in total. The molecule has 2 aliphatic rings. The second-order valence-electron chi connectivity index (χ2n) is 8.29. The molecule has 1 amide bonds. The molecular weight excluding hydrogens is 396 g/mol. The normalized spacial score (nSPS) is 24.1. The number of morpholine rings is 1. The highest BCUT2D eigenvalue weighted by molar-refractivity contribution is 5.95. The number of carboxylic acid groups (broad SMARTS) is 1. The van der Waals surface area contributed by atoms with Gasteiger partial charge in [-0.15, -0.1) is 0 Å². The zero-order chi connectivity index (χ0) is 21.8. The lowest BCUT2D eigenvalue weighted by atomic mass is 9.71. The summed E-state index contributed by atoms with van der Waals surface area (Å²) in [4.78, 5) is 28.9. The highest BCUT2D eigenvalue weighted by Crippen LogP contribution is 2.36. The number of aliphatic hydroxyl groups is 1. The summed E-state index contributed by atoms with van der Waals surface area (Å²) in [5, 5.41) is 20.8. The Hall–Kier alpha value is -2.90. The third-order valence-corrected chi connectivity index (χ3v) is 6.43. The van der Waals surface area contributed by atoms with Gasteiger partial charge in [0, 0.05) is 37.4 Å². The molecule has 4 rings (SSSR count). The zero-order valence-corrected chi connectivity index (χ0v) is 17.4. The number of hydrogen-bond donors (Lipinski definition) is 2. The summed E-state index contributed by atoms with van der Waals surface area (Å²) >= 11 is 0. The van der Waals surface area contributed by atoms with E-state index in [1.54, 1.807) is 17.0 Å². The van der Waals surface area contributed by atoms with Crippen LogP contribution in [0.15, 0.2) is 54.6 Å². The predicted octanol–water partition coefficient (Wildman–Crippen LogP) is 2.04. The molecule has 0 bridgehead atoms. The minimum Gasteiger partial charge on any atom is -0.481 e. The Balaban J connectivity index is 1.44. The highest BCUT2D eigenvalue weighted by Gasteiger charge is 2.49. The Labute approximate surface area is 181 Å². The summed E-state index contributed by atoms with van der Waals surface area (Å²) in [5.41, 5.74) is 1.15. The average molecular weight is 424 g/mol. The Kier molecular flexibility index (Phi) is 6.25. The van der Waals surface area contributed by atoms with Crippen molar-refractivity contribution in [3.05, 3.63) is 65.7 Å². The predicted molar refractivity (Wildman–Crippen MR) is 116 cm³/mol. The van der Waals surface area contributed by atoms with Gasteiger partial charge in [-0.1, -0.05) is 30.3 Å². The maximum atomic E-state index is 13.0. The topological polar surface area (TPSA) is 90.3 Å². The number of hydrogen-bond acceptors (Lipinski definition) is 5. The van der Waals surface area contributed by atoms with Gasteiger partial charge in [0.1, 0.15) is 5.41 Å².